The lowest BCUT2D eigenvalue weighted by molar-refractivity contribution is -0.146. The predicted molar refractivity (Wildman–Crippen MR) is 62.8 cm³/mol. The number of phenols is 1. The van der Waals surface area contributed by atoms with E-state index in [4.69, 9.17) is 5.11 Å². The van der Waals surface area contributed by atoms with Gasteiger partial charge in [0, 0.05) is 25.3 Å². The van der Waals surface area contributed by atoms with Gasteiger partial charge < -0.3 is 15.1 Å². The van der Waals surface area contributed by atoms with Crippen molar-refractivity contribution in [3.8, 4) is 5.75 Å². The first-order chi connectivity index (χ1) is 7.33. The number of carboxylic acid groups (broad SMARTS) is 1. The van der Waals surface area contributed by atoms with Crippen molar-refractivity contribution in [2.24, 2.45) is 5.41 Å². The number of aliphatic carboxylic acids is 1. The van der Waals surface area contributed by atoms with E-state index in [2.05, 4.69) is 0 Å². The van der Waals surface area contributed by atoms with Crippen molar-refractivity contribution in [3.63, 3.8) is 0 Å². The number of carbonyl (C=O) groups is 1. The molecule has 0 aliphatic heterocycles. The van der Waals surface area contributed by atoms with Gasteiger partial charge in [0.05, 0.1) is 5.41 Å². The lowest BCUT2D eigenvalue weighted by Crippen LogP contribution is -2.37. The third kappa shape index (κ3) is 2.89. The summed E-state index contributed by atoms with van der Waals surface area (Å²) in [5.74, 6) is -0.656. The highest BCUT2D eigenvalue weighted by Gasteiger charge is 2.28. The summed E-state index contributed by atoms with van der Waals surface area (Å²) in [6.07, 6.45) is 0. The molecule has 0 radical (unpaired) electrons. The van der Waals surface area contributed by atoms with Crippen molar-refractivity contribution in [2.75, 3.05) is 18.5 Å². The molecule has 0 saturated carbocycles. The molecule has 0 spiro atoms. The summed E-state index contributed by atoms with van der Waals surface area (Å²) in [6.45, 7) is 3.73. The number of carboxylic acids is 1. The maximum atomic E-state index is 11.0. The van der Waals surface area contributed by atoms with Crippen molar-refractivity contribution < 1.29 is 15.0 Å². The highest BCUT2D eigenvalue weighted by Crippen LogP contribution is 2.23. The molecule has 1 rings (SSSR count). The predicted octanol–water partition coefficient (Wildman–Crippen LogP) is 1.94. The van der Waals surface area contributed by atoms with Gasteiger partial charge in [-0.05, 0) is 26.0 Å². The second kappa shape index (κ2) is 4.43. The van der Waals surface area contributed by atoms with Crippen molar-refractivity contribution in [2.45, 2.75) is 13.8 Å². The van der Waals surface area contributed by atoms with Gasteiger partial charge >= 0.3 is 5.97 Å². The molecule has 4 heteroatoms. The maximum Gasteiger partial charge on any atom is 0.310 e. The minimum Gasteiger partial charge on any atom is -0.508 e. The molecule has 0 heterocycles. The fourth-order valence-corrected chi connectivity index (χ4v) is 1.48. The van der Waals surface area contributed by atoms with Crippen molar-refractivity contribution >= 4 is 11.7 Å². The van der Waals surface area contributed by atoms with E-state index >= 15 is 0 Å². The van der Waals surface area contributed by atoms with Gasteiger partial charge in [-0.25, -0.2) is 0 Å². The minimum absolute atomic E-state index is 0.178. The molecule has 0 atom stereocenters. The highest BCUT2D eigenvalue weighted by atomic mass is 16.4. The first kappa shape index (κ1) is 12.4. The molecule has 88 valence electrons. The summed E-state index contributed by atoms with van der Waals surface area (Å²) in [5.41, 5.74) is -0.0189. The molecule has 2 N–H and O–H groups in total. The molecule has 0 bridgehead atoms. The number of hydrogen-bond donors (Lipinski definition) is 2. The average Bonchev–Trinajstić information content (AvgIpc) is 2.16. The molecular weight excluding hydrogens is 206 g/mol. The van der Waals surface area contributed by atoms with Gasteiger partial charge in [-0.15, -0.1) is 0 Å². The SMILES string of the molecule is CN(CC(C)(C)C(=O)O)c1cccc(O)c1. The monoisotopic (exact) mass is 223 g/mol. The molecule has 4 nitrogen and oxygen atoms in total. The van der Waals surface area contributed by atoms with Crippen LogP contribution in [0.1, 0.15) is 13.8 Å². The summed E-state index contributed by atoms with van der Waals surface area (Å²) in [5, 5.41) is 18.3. The Kier molecular flexibility index (Phi) is 3.42. The Balaban J connectivity index is 2.80. The maximum absolute atomic E-state index is 11.0. The number of benzene rings is 1. The van der Waals surface area contributed by atoms with Gasteiger partial charge in [-0.2, -0.15) is 0 Å². The lowest BCUT2D eigenvalue weighted by Gasteiger charge is -2.28. The Labute approximate surface area is 95.1 Å². The minimum atomic E-state index is -0.834. The topological polar surface area (TPSA) is 60.8 Å². The number of aromatic hydroxyl groups is 1. The largest absolute Gasteiger partial charge is 0.508 e. The van der Waals surface area contributed by atoms with Crippen molar-refractivity contribution in [1.82, 2.24) is 0 Å². The molecule has 16 heavy (non-hydrogen) atoms. The quantitative estimate of drug-likeness (QED) is 0.819. The van der Waals surface area contributed by atoms with Gasteiger partial charge in [0.1, 0.15) is 5.75 Å². The van der Waals surface area contributed by atoms with E-state index in [0.717, 1.165) is 5.69 Å². The van der Waals surface area contributed by atoms with Gasteiger partial charge in [0.15, 0.2) is 0 Å². The number of nitrogens with zero attached hydrogens (tertiary/aromatic N) is 1. The van der Waals surface area contributed by atoms with E-state index in [-0.39, 0.29) is 5.75 Å². The third-order valence-corrected chi connectivity index (χ3v) is 2.48. The fourth-order valence-electron chi connectivity index (χ4n) is 1.48. The van der Waals surface area contributed by atoms with Crippen molar-refractivity contribution in [3.05, 3.63) is 24.3 Å². The summed E-state index contributed by atoms with van der Waals surface area (Å²) in [4.78, 5) is 12.8. The van der Waals surface area contributed by atoms with Crippen LogP contribution in [0.5, 0.6) is 5.75 Å². The highest BCUT2D eigenvalue weighted by molar-refractivity contribution is 5.74. The normalized spacial score (nSPS) is 11.2. The third-order valence-electron chi connectivity index (χ3n) is 2.48. The number of phenolic OH excluding ortho intramolecular Hbond substituents is 1. The summed E-state index contributed by atoms with van der Waals surface area (Å²) < 4.78 is 0. The second-order valence-electron chi connectivity index (χ2n) is 4.56. The summed E-state index contributed by atoms with van der Waals surface area (Å²) in [6, 6.07) is 6.75. The van der Waals surface area contributed by atoms with Gasteiger partial charge in [0.2, 0.25) is 0 Å². The van der Waals surface area contributed by atoms with Crippen LogP contribution in [0.3, 0.4) is 0 Å². The number of hydrogen-bond acceptors (Lipinski definition) is 3. The molecule has 0 fully saturated rings. The second-order valence-corrected chi connectivity index (χ2v) is 4.56. The summed E-state index contributed by atoms with van der Waals surface area (Å²) in [7, 11) is 1.81. The zero-order valence-corrected chi connectivity index (χ0v) is 9.77. The molecule has 0 aliphatic carbocycles. The smallest absolute Gasteiger partial charge is 0.310 e. The van der Waals surface area contributed by atoms with Gasteiger partial charge in [-0.3, -0.25) is 4.79 Å². The molecule has 0 aromatic heterocycles. The fraction of sp³-hybridized carbons (Fsp3) is 0.417. The lowest BCUT2D eigenvalue weighted by atomic mass is 9.93. The molecule has 0 saturated heterocycles. The Morgan fingerprint density at radius 2 is 2.06 bits per heavy atom. The summed E-state index contributed by atoms with van der Waals surface area (Å²) >= 11 is 0. The molecule has 1 aromatic carbocycles. The van der Waals surface area contributed by atoms with Crippen LogP contribution in [0, 0.1) is 5.41 Å². The number of anilines is 1. The van der Waals surface area contributed by atoms with E-state index < -0.39 is 11.4 Å². The Morgan fingerprint density at radius 1 is 1.44 bits per heavy atom. The Bertz CT molecular complexity index is 388. The van der Waals surface area contributed by atoms with Crippen LogP contribution in [0.25, 0.3) is 0 Å². The van der Waals surface area contributed by atoms with Crippen LogP contribution in [-0.2, 0) is 4.79 Å². The van der Waals surface area contributed by atoms with Crippen LogP contribution >= 0.6 is 0 Å². The van der Waals surface area contributed by atoms with Crippen LogP contribution in [0.15, 0.2) is 24.3 Å². The van der Waals surface area contributed by atoms with E-state index in [1.54, 1.807) is 39.1 Å². The number of rotatable bonds is 4. The van der Waals surface area contributed by atoms with E-state index in [1.165, 1.54) is 0 Å². The van der Waals surface area contributed by atoms with Crippen LogP contribution in [0.4, 0.5) is 5.69 Å². The molecule has 1 aromatic rings. The Hall–Kier alpha value is -1.71. The van der Waals surface area contributed by atoms with Gasteiger partial charge in [-0.1, -0.05) is 6.07 Å². The standard InChI is InChI=1S/C12H17NO3/c1-12(2,11(15)16)8-13(3)9-5-4-6-10(14)7-9/h4-7,14H,8H2,1-3H3,(H,15,16). The molecular formula is C12H17NO3. The first-order valence-electron chi connectivity index (χ1n) is 5.06. The molecule has 0 unspecified atom stereocenters. The van der Waals surface area contributed by atoms with Crippen LogP contribution in [0.2, 0.25) is 0 Å². The first-order valence-corrected chi connectivity index (χ1v) is 5.06. The molecule has 0 aliphatic rings. The van der Waals surface area contributed by atoms with Gasteiger partial charge in [0.25, 0.3) is 0 Å². The zero-order chi connectivity index (χ0) is 12.3. The van der Waals surface area contributed by atoms with E-state index in [1.807, 2.05) is 11.0 Å². The van der Waals surface area contributed by atoms with Crippen LogP contribution < -0.4 is 4.90 Å². The average molecular weight is 223 g/mol. The van der Waals surface area contributed by atoms with Crippen LogP contribution in [-0.4, -0.2) is 29.8 Å². The zero-order valence-electron chi connectivity index (χ0n) is 9.77. The Morgan fingerprint density at radius 3 is 2.56 bits per heavy atom. The van der Waals surface area contributed by atoms with E-state index in [0.29, 0.717) is 6.54 Å². The molecule has 0 amide bonds. The van der Waals surface area contributed by atoms with E-state index in [9.17, 15) is 9.90 Å². The van der Waals surface area contributed by atoms with Crippen molar-refractivity contribution in [1.29, 1.82) is 0 Å².